The Morgan fingerprint density at radius 1 is 1.07 bits per heavy atom. The maximum atomic E-state index is 5.63. The summed E-state index contributed by atoms with van der Waals surface area (Å²) < 4.78 is 11.1. The first kappa shape index (κ1) is 22.0. The second-order valence-corrected chi connectivity index (χ2v) is 7.19. The molecule has 0 aliphatic rings. The normalized spacial score (nSPS) is 12.0. The highest BCUT2D eigenvalue weighted by Gasteiger charge is 2.13. The zero-order valence-corrected chi connectivity index (χ0v) is 17.8. The van der Waals surface area contributed by atoms with Crippen molar-refractivity contribution in [1.82, 2.24) is 15.8 Å². The Kier molecular flexibility index (Phi) is 9.01. The zero-order valence-electron chi connectivity index (χ0n) is 17.8. The molecule has 0 aliphatic carbocycles. The van der Waals surface area contributed by atoms with Crippen LogP contribution in [-0.4, -0.2) is 24.3 Å². The highest BCUT2D eigenvalue weighted by molar-refractivity contribution is 5.79. The zero-order chi connectivity index (χ0) is 20.4. The van der Waals surface area contributed by atoms with E-state index < -0.39 is 0 Å². The van der Waals surface area contributed by atoms with Crippen LogP contribution in [0.4, 0.5) is 0 Å². The highest BCUT2D eigenvalue weighted by Crippen LogP contribution is 2.22. The Morgan fingerprint density at radius 2 is 1.71 bits per heavy atom. The largest absolute Gasteiger partial charge is 0.374 e. The van der Waals surface area contributed by atoms with E-state index in [1.54, 1.807) is 7.05 Å². The van der Waals surface area contributed by atoms with E-state index in [4.69, 9.17) is 9.26 Å². The number of nitrogens with zero attached hydrogens (tertiary/aromatic N) is 2. The van der Waals surface area contributed by atoms with Crippen LogP contribution in [0.1, 0.15) is 69.0 Å². The number of hydrogen-bond acceptors (Lipinski definition) is 4. The van der Waals surface area contributed by atoms with Crippen molar-refractivity contribution in [3.8, 4) is 0 Å². The Labute approximate surface area is 168 Å². The summed E-state index contributed by atoms with van der Waals surface area (Å²) in [4.78, 5) is 4.27. The molecule has 0 radical (unpaired) electrons. The fraction of sp³-hybridized carbons (Fsp3) is 0.545. The Hall–Kier alpha value is -2.34. The van der Waals surface area contributed by atoms with Crippen LogP contribution < -0.4 is 10.6 Å². The summed E-state index contributed by atoms with van der Waals surface area (Å²) in [5.74, 6) is 2.01. The molecule has 2 N–H and O–H groups in total. The lowest BCUT2D eigenvalue weighted by atomic mass is 9.99. The van der Waals surface area contributed by atoms with Gasteiger partial charge in [0.1, 0.15) is 0 Å². The molecule has 0 fully saturated rings. The van der Waals surface area contributed by atoms with E-state index in [1.807, 2.05) is 19.9 Å². The molecule has 0 unspecified atom stereocenters. The molecule has 1 aromatic heterocycles. The minimum atomic E-state index is 0.242. The maximum absolute atomic E-state index is 5.63. The Morgan fingerprint density at radius 3 is 2.32 bits per heavy atom. The first-order valence-electron chi connectivity index (χ1n) is 10.1. The van der Waals surface area contributed by atoms with Crippen molar-refractivity contribution in [3.05, 3.63) is 52.9 Å². The van der Waals surface area contributed by atoms with Crippen LogP contribution in [0.5, 0.6) is 0 Å². The van der Waals surface area contributed by atoms with E-state index in [0.29, 0.717) is 25.6 Å². The molecular formula is C22H34N4O2. The third kappa shape index (κ3) is 7.00. The van der Waals surface area contributed by atoms with Crippen molar-refractivity contribution in [2.45, 2.75) is 72.3 Å². The fourth-order valence-corrected chi connectivity index (χ4v) is 2.91. The van der Waals surface area contributed by atoms with E-state index in [-0.39, 0.29) is 6.10 Å². The third-order valence-electron chi connectivity index (χ3n) is 4.70. The van der Waals surface area contributed by atoms with Gasteiger partial charge in [0.15, 0.2) is 11.7 Å². The molecule has 28 heavy (non-hydrogen) atoms. The molecule has 6 nitrogen and oxygen atoms in total. The lowest BCUT2D eigenvalue weighted by molar-refractivity contribution is 0.0657. The summed E-state index contributed by atoms with van der Waals surface area (Å²) in [6.07, 6.45) is 2.38. The fourth-order valence-electron chi connectivity index (χ4n) is 2.91. The van der Waals surface area contributed by atoms with Gasteiger partial charge in [-0.25, -0.2) is 0 Å². The Bertz CT molecular complexity index is 718. The summed E-state index contributed by atoms with van der Waals surface area (Å²) in [7, 11) is 1.76. The van der Waals surface area contributed by atoms with Crippen molar-refractivity contribution < 1.29 is 9.26 Å². The quantitative estimate of drug-likeness (QED) is 0.469. The monoisotopic (exact) mass is 386 g/mol. The molecule has 2 rings (SSSR count). The number of benzene rings is 1. The standard InChI is InChI=1S/C22H34N4O2/c1-6-19(7-2)21-12-20(28-26-21)14-25-22(23-5)24-13-17-8-10-18(11-9-17)15-27-16(3)4/h8-12,16,19H,6-7,13-15H2,1-5H3,(H2,23,24,25). The summed E-state index contributed by atoms with van der Waals surface area (Å²) >= 11 is 0. The number of rotatable bonds is 10. The van der Waals surface area contributed by atoms with Crippen LogP contribution in [0, 0.1) is 0 Å². The number of ether oxygens (including phenoxy) is 1. The summed E-state index contributed by atoms with van der Waals surface area (Å²) in [6, 6.07) is 10.5. The minimum Gasteiger partial charge on any atom is -0.374 e. The van der Waals surface area contributed by atoms with Crippen molar-refractivity contribution in [2.75, 3.05) is 7.05 Å². The van der Waals surface area contributed by atoms with E-state index in [2.05, 4.69) is 58.9 Å². The molecule has 0 saturated heterocycles. The number of hydrogen-bond donors (Lipinski definition) is 2. The van der Waals surface area contributed by atoms with Crippen LogP contribution in [0.3, 0.4) is 0 Å². The van der Waals surface area contributed by atoms with Gasteiger partial charge in [-0.3, -0.25) is 4.99 Å². The topological polar surface area (TPSA) is 71.7 Å². The number of aliphatic imine (C=N–C) groups is 1. The SMILES string of the molecule is CCC(CC)c1cc(CNC(=NC)NCc2ccc(COC(C)C)cc2)on1. The van der Waals surface area contributed by atoms with Gasteiger partial charge in [0.05, 0.1) is 24.9 Å². The van der Waals surface area contributed by atoms with Crippen LogP contribution in [0.2, 0.25) is 0 Å². The third-order valence-corrected chi connectivity index (χ3v) is 4.70. The van der Waals surface area contributed by atoms with E-state index >= 15 is 0 Å². The number of guanidine groups is 1. The van der Waals surface area contributed by atoms with Gasteiger partial charge in [0.25, 0.3) is 0 Å². The van der Waals surface area contributed by atoms with Crippen molar-refractivity contribution in [2.24, 2.45) is 4.99 Å². The van der Waals surface area contributed by atoms with E-state index in [1.165, 1.54) is 11.1 Å². The van der Waals surface area contributed by atoms with Gasteiger partial charge >= 0.3 is 0 Å². The van der Waals surface area contributed by atoms with Crippen molar-refractivity contribution >= 4 is 5.96 Å². The van der Waals surface area contributed by atoms with Gasteiger partial charge < -0.3 is 19.9 Å². The smallest absolute Gasteiger partial charge is 0.191 e. The summed E-state index contributed by atoms with van der Waals surface area (Å²) in [5, 5.41) is 10.8. The maximum Gasteiger partial charge on any atom is 0.191 e. The molecular weight excluding hydrogens is 352 g/mol. The lowest BCUT2D eigenvalue weighted by Crippen LogP contribution is -2.36. The Balaban J connectivity index is 1.80. The first-order valence-corrected chi connectivity index (χ1v) is 10.1. The van der Waals surface area contributed by atoms with Gasteiger partial charge in [0.2, 0.25) is 0 Å². The molecule has 6 heteroatoms. The number of aromatic nitrogens is 1. The van der Waals surface area contributed by atoms with Gasteiger partial charge in [-0.15, -0.1) is 0 Å². The molecule has 154 valence electrons. The van der Waals surface area contributed by atoms with Crippen LogP contribution in [-0.2, 0) is 24.4 Å². The predicted octanol–water partition coefficient (Wildman–Crippen LogP) is 4.37. The van der Waals surface area contributed by atoms with Crippen LogP contribution in [0.25, 0.3) is 0 Å². The minimum absolute atomic E-state index is 0.242. The molecule has 1 heterocycles. The lowest BCUT2D eigenvalue weighted by Gasteiger charge is -2.12. The molecule has 0 aliphatic heterocycles. The molecule has 0 atom stereocenters. The summed E-state index contributed by atoms with van der Waals surface area (Å²) in [5.41, 5.74) is 3.40. The molecule has 0 spiro atoms. The van der Waals surface area contributed by atoms with Gasteiger partial charge in [0, 0.05) is 25.6 Å². The molecule has 2 aromatic rings. The van der Waals surface area contributed by atoms with Crippen molar-refractivity contribution in [3.63, 3.8) is 0 Å². The molecule has 0 bridgehead atoms. The second kappa shape index (κ2) is 11.5. The van der Waals surface area contributed by atoms with Crippen LogP contribution >= 0.6 is 0 Å². The second-order valence-electron chi connectivity index (χ2n) is 7.19. The number of nitrogens with one attached hydrogen (secondary N) is 2. The molecule has 0 amide bonds. The molecule has 1 aromatic carbocycles. The highest BCUT2D eigenvalue weighted by atomic mass is 16.5. The first-order chi connectivity index (χ1) is 13.5. The average molecular weight is 387 g/mol. The van der Waals surface area contributed by atoms with E-state index in [9.17, 15) is 0 Å². The summed E-state index contributed by atoms with van der Waals surface area (Å²) in [6.45, 7) is 10.3. The van der Waals surface area contributed by atoms with Crippen LogP contribution in [0.15, 0.2) is 39.8 Å². The van der Waals surface area contributed by atoms with Crippen molar-refractivity contribution in [1.29, 1.82) is 0 Å². The van der Waals surface area contributed by atoms with Gasteiger partial charge in [-0.2, -0.15) is 0 Å². The molecule has 0 saturated carbocycles. The van der Waals surface area contributed by atoms with Gasteiger partial charge in [-0.1, -0.05) is 43.3 Å². The van der Waals surface area contributed by atoms with Gasteiger partial charge in [-0.05, 0) is 37.8 Å². The van der Waals surface area contributed by atoms with E-state index in [0.717, 1.165) is 30.3 Å². The average Bonchev–Trinajstić information content (AvgIpc) is 3.17. The predicted molar refractivity (Wildman–Crippen MR) is 113 cm³/mol.